The van der Waals surface area contributed by atoms with E-state index in [0.29, 0.717) is 68.0 Å². The van der Waals surface area contributed by atoms with Crippen molar-refractivity contribution < 1.29 is 28.8 Å². The Morgan fingerprint density at radius 1 is 0.446 bits per heavy atom. The summed E-state index contributed by atoms with van der Waals surface area (Å²) in [7, 11) is 0. The number of fused-ring (bicyclic) bond motifs is 1. The Kier molecular flexibility index (Phi) is 11.6. The maximum Gasteiger partial charge on any atom is 0.162 e. The maximum atomic E-state index is 11.9. The van der Waals surface area contributed by atoms with E-state index < -0.39 is 12.2 Å². The van der Waals surface area contributed by atoms with Crippen LogP contribution in [0.25, 0.3) is 0 Å². The zero-order valence-corrected chi connectivity index (χ0v) is 31.1. The summed E-state index contributed by atoms with van der Waals surface area (Å²) in [4.78, 5) is 0. The van der Waals surface area contributed by atoms with Crippen molar-refractivity contribution in [1.29, 1.82) is 0 Å². The van der Waals surface area contributed by atoms with E-state index in [2.05, 4.69) is 24.3 Å². The topological polar surface area (TPSA) is 66.4 Å². The van der Waals surface area contributed by atoms with E-state index in [4.69, 9.17) is 23.7 Å². The van der Waals surface area contributed by atoms with Gasteiger partial charge in [0.05, 0.1) is 6.10 Å². The molecule has 0 unspecified atom stereocenters. The first kappa shape index (κ1) is 36.5. The van der Waals surface area contributed by atoms with Gasteiger partial charge >= 0.3 is 0 Å². The molecule has 0 saturated heterocycles. The van der Waals surface area contributed by atoms with E-state index in [1.807, 2.05) is 152 Å². The van der Waals surface area contributed by atoms with Crippen molar-refractivity contribution in [3.05, 3.63) is 220 Å². The third kappa shape index (κ3) is 9.06. The van der Waals surface area contributed by atoms with Crippen molar-refractivity contribution in [1.82, 2.24) is 0 Å². The fourth-order valence-electron chi connectivity index (χ4n) is 6.95. The molecule has 1 heterocycles. The Labute approximate surface area is 328 Å². The van der Waals surface area contributed by atoms with Crippen LogP contribution in [-0.2, 0) is 39.3 Å². The number of ether oxygens (including phenoxy) is 5. The van der Waals surface area contributed by atoms with Gasteiger partial charge in [-0.25, -0.2) is 0 Å². The van der Waals surface area contributed by atoms with Gasteiger partial charge in [0, 0.05) is 30.0 Å². The van der Waals surface area contributed by atoms with E-state index in [-0.39, 0.29) is 0 Å². The molecular formula is C50H44O6. The number of hydrogen-bond donors (Lipinski definition) is 1. The zero-order valence-electron chi connectivity index (χ0n) is 31.1. The molecule has 2 atom stereocenters. The van der Waals surface area contributed by atoms with Gasteiger partial charge in [0.1, 0.15) is 49.8 Å². The van der Waals surface area contributed by atoms with E-state index in [1.54, 1.807) is 0 Å². The highest BCUT2D eigenvalue weighted by molar-refractivity contribution is 5.60. The number of rotatable bonds is 15. The number of aliphatic hydroxyl groups excluding tert-OH is 1. The molecule has 0 fully saturated rings. The number of hydrogen-bond acceptors (Lipinski definition) is 6. The Balaban J connectivity index is 1.17. The molecule has 1 N–H and O–H groups in total. The van der Waals surface area contributed by atoms with Crippen molar-refractivity contribution in [2.45, 2.75) is 51.5 Å². The van der Waals surface area contributed by atoms with Gasteiger partial charge < -0.3 is 28.8 Å². The predicted octanol–water partition coefficient (Wildman–Crippen LogP) is 10.6. The molecule has 0 radical (unpaired) electrons. The van der Waals surface area contributed by atoms with Crippen molar-refractivity contribution in [3.63, 3.8) is 0 Å². The first-order valence-electron chi connectivity index (χ1n) is 19.0. The summed E-state index contributed by atoms with van der Waals surface area (Å²) >= 11 is 0. The minimum absolute atomic E-state index is 0.317. The van der Waals surface area contributed by atoms with Crippen LogP contribution in [0.1, 0.15) is 50.6 Å². The van der Waals surface area contributed by atoms with Gasteiger partial charge in [-0.15, -0.1) is 0 Å². The summed E-state index contributed by atoms with van der Waals surface area (Å²) in [6.07, 6.45) is -0.699. The van der Waals surface area contributed by atoms with Crippen LogP contribution < -0.4 is 23.7 Å². The smallest absolute Gasteiger partial charge is 0.162 e. The third-order valence-electron chi connectivity index (χ3n) is 9.88. The second-order valence-corrected chi connectivity index (χ2v) is 13.9. The predicted molar refractivity (Wildman–Crippen MR) is 218 cm³/mol. The van der Waals surface area contributed by atoms with E-state index >= 15 is 0 Å². The van der Waals surface area contributed by atoms with Crippen molar-refractivity contribution >= 4 is 0 Å². The second-order valence-electron chi connectivity index (χ2n) is 13.9. The van der Waals surface area contributed by atoms with Gasteiger partial charge in [0.15, 0.2) is 11.5 Å². The minimum atomic E-state index is -0.875. The standard InChI is InChI=1S/C50H44O6/c51-44-30-43-47(54-34-39-22-12-4-13-23-39)31-46(53-33-38-20-10-3-11-21-38)42(28-36-16-6-1-7-17-36)50(43)56-49(44)41-26-27-45(52-32-37-18-8-2-9-19-37)48(29-41)55-35-40-24-14-5-15-25-40/h1-27,29,31,44,49,51H,28,30,32-35H2/t44-,49+/m0/s1. The molecule has 56 heavy (non-hydrogen) atoms. The first-order valence-corrected chi connectivity index (χ1v) is 19.0. The molecule has 280 valence electrons. The summed E-state index contributed by atoms with van der Waals surface area (Å²) in [6, 6.07) is 58.3. The highest BCUT2D eigenvalue weighted by Crippen LogP contribution is 2.48. The fraction of sp³-hybridized carbons (Fsp3) is 0.160. The molecule has 7 aromatic rings. The Morgan fingerprint density at radius 2 is 0.875 bits per heavy atom. The van der Waals surface area contributed by atoms with Crippen LogP contribution in [0.15, 0.2) is 176 Å². The second kappa shape index (κ2) is 17.8. The average Bonchev–Trinajstić information content (AvgIpc) is 3.26. The largest absolute Gasteiger partial charge is 0.488 e. The van der Waals surface area contributed by atoms with Gasteiger partial charge in [-0.3, -0.25) is 0 Å². The summed E-state index contributed by atoms with van der Waals surface area (Å²) in [6.45, 7) is 1.47. The van der Waals surface area contributed by atoms with E-state index in [1.165, 1.54) is 0 Å². The molecule has 1 aliphatic heterocycles. The summed E-state index contributed by atoms with van der Waals surface area (Å²) in [5.74, 6) is 3.13. The van der Waals surface area contributed by atoms with Gasteiger partial charge in [-0.1, -0.05) is 158 Å². The molecule has 0 spiro atoms. The molecule has 0 bridgehead atoms. The molecule has 8 rings (SSSR count). The summed E-state index contributed by atoms with van der Waals surface area (Å²) < 4.78 is 32.9. The molecular weight excluding hydrogens is 697 g/mol. The van der Waals surface area contributed by atoms with Gasteiger partial charge in [-0.2, -0.15) is 0 Å². The van der Waals surface area contributed by atoms with Crippen LogP contribution in [0.5, 0.6) is 28.7 Å². The molecule has 0 aliphatic carbocycles. The van der Waals surface area contributed by atoms with Gasteiger partial charge in [-0.05, 0) is 45.5 Å². The molecule has 1 aliphatic rings. The van der Waals surface area contributed by atoms with Crippen molar-refractivity contribution in [3.8, 4) is 28.7 Å². The zero-order chi connectivity index (χ0) is 37.9. The van der Waals surface area contributed by atoms with E-state index in [0.717, 1.165) is 44.5 Å². The maximum absolute atomic E-state index is 11.9. The Hall–Kier alpha value is -6.50. The summed E-state index contributed by atoms with van der Waals surface area (Å²) in [5.41, 5.74) is 7.76. The fourth-order valence-corrected chi connectivity index (χ4v) is 6.95. The van der Waals surface area contributed by atoms with Crippen molar-refractivity contribution in [2.24, 2.45) is 0 Å². The van der Waals surface area contributed by atoms with Crippen LogP contribution in [0, 0.1) is 0 Å². The monoisotopic (exact) mass is 740 g/mol. The quantitative estimate of drug-likeness (QED) is 0.113. The lowest BCUT2D eigenvalue weighted by molar-refractivity contribution is 0.0185. The highest BCUT2D eigenvalue weighted by atomic mass is 16.5. The lowest BCUT2D eigenvalue weighted by Crippen LogP contribution is -2.31. The molecule has 7 aromatic carbocycles. The van der Waals surface area contributed by atoms with Crippen LogP contribution in [0.3, 0.4) is 0 Å². The van der Waals surface area contributed by atoms with Crippen molar-refractivity contribution in [2.75, 3.05) is 0 Å². The Morgan fingerprint density at radius 3 is 1.38 bits per heavy atom. The van der Waals surface area contributed by atoms with Crippen LogP contribution in [-0.4, -0.2) is 11.2 Å². The average molecular weight is 741 g/mol. The van der Waals surface area contributed by atoms with Gasteiger partial charge in [0.2, 0.25) is 0 Å². The minimum Gasteiger partial charge on any atom is -0.488 e. The summed E-state index contributed by atoms with van der Waals surface area (Å²) in [5, 5.41) is 11.9. The van der Waals surface area contributed by atoms with Crippen LogP contribution in [0.4, 0.5) is 0 Å². The first-order chi connectivity index (χ1) is 27.7. The number of benzene rings is 7. The lowest BCUT2D eigenvalue weighted by Gasteiger charge is -2.34. The lowest BCUT2D eigenvalue weighted by atomic mass is 9.90. The SMILES string of the molecule is O[C@H]1Cc2c(OCc3ccccc3)cc(OCc3ccccc3)c(Cc3ccccc3)c2O[C@@H]1c1ccc(OCc2ccccc2)c(OCc2ccccc2)c1. The molecule has 0 saturated carbocycles. The molecule has 0 amide bonds. The number of aliphatic hydroxyl groups is 1. The van der Waals surface area contributed by atoms with E-state index in [9.17, 15) is 5.11 Å². The van der Waals surface area contributed by atoms with Crippen LogP contribution >= 0.6 is 0 Å². The normalized spacial score (nSPS) is 14.6. The highest BCUT2D eigenvalue weighted by Gasteiger charge is 2.36. The third-order valence-corrected chi connectivity index (χ3v) is 9.88. The molecule has 6 heteroatoms. The molecule has 0 aromatic heterocycles. The van der Waals surface area contributed by atoms with Crippen LogP contribution in [0.2, 0.25) is 0 Å². The Bertz CT molecular complexity index is 2300. The molecule has 6 nitrogen and oxygen atoms in total. The van der Waals surface area contributed by atoms with Gasteiger partial charge in [0.25, 0.3) is 0 Å².